The third kappa shape index (κ3) is 5.68. The number of carbonyl (C=O) groups excluding carboxylic acids is 3. The van der Waals surface area contributed by atoms with Crippen LogP contribution in [0.5, 0.6) is 0 Å². The number of rotatable bonds is 7. The first-order chi connectivity index (χ1) is 18.7. The van der Waals surface area contributed by atoms with Crippen LogP contribution >= 0.6 is 0 Å². The molecule has 2 heterocycles. The van der Waals surface area contributed by atoms with Gasteiger partial charge in [0.2, 0.25) is 17.7 Å². The number of carbonyl (C=O) groups is 3. The fourth-order valence-corrected chi connectivity index (χ4v) is 6.93. The van der Waals surface area contributed by atoms with Crippen LogP contribution in [0.3, 0.4) is 0 Å². The second-order valence-electron chi connectivity index (χ2n) is 11.7. The Morgan fingerprint density at radius 1 is 1.03 bits per heavy atom. The Hall–Kier alpha value is -2.59. The zero-order valence-electron chi connectivity index (χ0n) is 22.9. The van der Waals surface area contributed by atoms with Gasteiger partial charge in [0.25, 0.3) is 5.92 Å². The van der Waals surface area contributed by atoms with Gasteiger partial charge >= 0.3 is 0 Å². The van der Waals surface area contributed by atoms with E-state index in [9.17, 15) is 23.2 Å². The van der Waals surface area contributed by atoms with Gasteiger partial charge in [0.05, 0.1) is 12.1 Å². The molecule has 2 saturated heterocycles. The van der Waals surface area contributed by atoms with Gasteiger partial charge < -0.3 is 20.9 Å². The molecule has 3 fully saturated rings. The zero-order valence-corrected chi connectivity index (χ0v) is 22.9. The summed E-state index contributed by atoms with van der Waals surface area (Å²) in [4.78, 5) is 44.8. The van der Waals surface area contributed by atoms with Crippen LogP contribution in [-0.2, 0) is 20.3 Å². The summed E-state index contributed by atoms with van der Waals surface area (Å²) in [5.41, 5.74) is 0.377. The lowest BCUT2D eigenvalue weighted by atomic mass is 9.82. The number of amides is 3. The van der Waals surface area contributed by atoms with E-state index in [1.54, 1.807) is 37.1 Å². The first-order valence-electron chi connectivity index (χ1n) is 14.5. The Morgan fingerprint density at radius 2 is 1.77 bits per heavy atom. The van der Waals surface area contributed by atoms with Gasteiger partial charge in [-0.25, -0.2) is 8.78 Å². The molecule has 0 bridgehead atoms. The highest BCUT2D eigenvalue weighted by atomic mass is 19.3. The summed E-state index contributed by atoms with van der Waals surface area (Å²) in [6.45, 7) is 3.37. The van der Waals surface area contributed by atoms with Gasteiger partial charge in [-0.2, -0.15) is 0 Å². The molecule has 0 spiro atoms. The number of piperazine rings is 1. The normalized spacial score (nSPS) is 28.3. The molecule has 8 nitrogen and oxygen atoms in total. The quantitative estimate of drug-likeness (QED) is 0.490. The lowest BCUT2D eigenvalue weighted by Crippen LogP contribution is -2.66. The van der Waals surface area contributed by atoms with Crippen LogP contribution in [0.4, 0.5) is 8.78 Å². The van der Waals surface area contributed by atoms with E-state index in [4.69, 9.17) is 0 Å². The highest BCUT2D eigenvalue weighted by Crippen LogP contribution is 2.47. The average Bonchev–Trinajstić information content (AvgIpc) is 3.51. The maximum absolute atomic E-state index is 14.7. The average molecular weight is 546 g/mol. The van der Waals surface area contributed by atoms with Gasteiger partial charge in [0.1, 0.15) is 12.1 Å². The third-order valence-corrected chi connectivity index (χ3v) is 9.29. The van der Waals surface area contributed by atoms with Gasteiger partial charge in [0, 0.05) is 31.1 Å². The largest absolute Gasteiger partial charge is 0.347 e. The highest BCUT2D eigenvalue weighted by molar-refractivity contribution is 5.93. The molecule has 3 N–H and O–H groups in total. The van der Waals surface area contributed by atoms with Crippen molar-refractivity contribution >= 4 is 17.7 Å². The van der Waals surface area contributed by atoms with Crippen molar-refractivity contribution in [2.24, 2.45) is 5.92 Å². The molecule has 2 aliphatic heterocycles. The lowest BCUT2D eigenvalue weighted by molar-refractivity contribution is -0.149. The van der Waals surface area contributed by atoms with Crippen molar-refractivity contribution in [3.8, 4) is 0 Å². The Bertz CT molecular complexity index is 1080. The van der Waals surface area contributed by atoms with E-state index < -0.39 is 42.4 Å². The van der Waals surface area contributed by atoms with E-state index in [1.165, 1.54) is 6.07 Å². The van der Waals surface area contributed by atoms with Crippen LogP contribution in [0.2, 0.25) is 0 Å². The summed E-state index contributed by atoms with van der Waals surface area (Å²) in [7, 11) is 1.70. The first-order valence-corrected chi connectivity index (χ1v) is 14.5. The second-order valence-corrected chi connectivity index (χ2v) is 11.7. The number of hydrogen-bond donors (Lipinski definition) is 3. The number of alkyl halides is 2. The van der Waals surface area contributed by atoms with Crippen LogP contribution in [0.1, 0.15) is 75.5 Å². The number of likely N-dealkylation sites (N-methyl/N-ethyl adjacent to an activating group) is 1. The van der Waals surface area contributed by atoms with Crippen LogP contribution in [0.25, 0.3) is 0 Å². The molecule has 0 aromatic heterocycles. The minimum Gasteiger partial charge on any atom is -0.347 e. The Morgan fingerprint density at radius 3 is 2.51 bits per heavy atom. The van der Waals surface area contributed by atoms with Gasteiger partial charge in [-0.05, 0) is 57.7 Å². The predicted octanol–water partition coefficient (Wildman–Crippen LogP) is 2.69. The van der Waals surface area contributed by atoms with E-state index in [-0.39, 0.29) is 29.3 Å². The molecule has 0 radical (unpaired) electrons. The molecule has 0 unspecified atom stereocenters. The fourth-order valence-electron chi connectivity index (χ4n) is 6.93. The molecule has 2 aliphatic carbocycles. The second kappa shape index (κ2) is 11.5. The van der Waals surface area contributed by atoms with Gasteiger partial charge in [0.15, 0.2) is 0 Å². The number of benzene rings is 1. The molecule has 10 heteroatoms. The minimum absolute atomic E-state index is 0.00461. The van der Waals surface area contributed by atoms with Crippen molar-refractivity contribution in [1.82, 2.24) is 25.8 Å². The van der Waals surface area contributed by atoms with E-state index in [1.807, 2.05) is 0 Å². The van der Waals surface area contributed by atoms with Crippen molar-refractivity contribution in [3.63, 3.8) is 0 Å². The maximum Gasteiger partial charge on any atom is 0.275 e. The topological polar surface area (TPSA) is 93.8 Å². The number of fused-ring (bicyclic) bond motifs is 2. The van der Waals surface area contributed by atoms with Crippen LogP contribution < -0.4 is 16.0 Å². The molecule has 3 amide bonds. The van der Waals surface area contributed by atoms with E-state index in [0.717, 1.165) is 51.5 Å². The smallest absolute Gasteiger partial charge is 0.275 e. The van der Waals surface area contributed by atoms with E-state index in [0.29, 0.717) is 18.7 Å². The summed E-state index contributed by atoms with van der Waals surface area (Å²) >= 11 is 0. The molecule has 5 rings (SSSR count). The fraction of sp³-hybridized carbons (Fsp3) is 0.690. The SMILES string of the molecule is CN[C@@H](C)C(=O)N[C@H](C(=O)N1C[C@H]2CCCN2C[C@H]1C(=O)N[C@@H]1CC(F)(F)c2ccccc21)C1CCCCC1. The molecule has 1 aromatic rings. The number of nitrogens with one attached hydrogen (secondary N) is 3. The van der Waals surface area contributed by atoms with Crippen molar-refractivity contribution < 1.29 is 23.2 Å². The Kier molecular flexibility index (Phi) is 8.24. The standard InChI is InChI=1S/C29H41F2N5O3/c1-18(32-2)26(37)34-25(19-9-4-3-5-10-19)28(39)36-16-20-11-8-14-35(20)17-24(36)27(38)33-23-15-29(30,31)22-13-7-6-12-21(22)23/h6-7,12-13,18-20,23-25,32H,3-5,8-11,14-17H2,1-2H3,(H,33,38)(H,34,37)/t18-,20+,23+,24-,25-/m0/s1. The molecular weight excluding hydrogens is 504 g/mol. The van der Waals surface area contributed by atoms with Crippen molar-refractivity contribution in [1.29, 1.82) is 0 Å². The molecule has 214 valence electrons. The van der Waals surface area contributed by atoms with Crippen molar-refractivity contribution in [3.05, 3.63) is 35.4 Å². The monoisotopic (exact) mass is 545 g/mol. The molecule has 39 heavy (non-hydrogen) atoms. The van der Waals surface area contributed by atoms with Gasteiger partial charge in [-0.3, -0.25) is 19.3 Å². The van der Waals surface area contributed by atoms with Crippen molar-refractivity contribution in [2.45, 2.75) is 94.4 Å². The van der Waals surface area contributed by atoms with Crippen LogP contribution in [0, 0.1) is 5.92 Å². The van der Waals surface area contributed by atoms with Crippen LogP contribution in [-0.4, -0.2) is 78.4 Å². The number of hydrogen-bond acceptors (Lipinski definition) is 5. The summed E-state index contributed by atoms with van der Waals surface area (Å²) in [6.07, 6.45) is 6.25. The molecular formula is C29H41F2N5O3. The zero-order chi connectivity index (χ0) is 27.7. The maximum atomic E-state index is 14.7. The van der Waals surface area contributed by atoms with E-state index in [2.05, 4.69) is 20.9 Å². The van der Waals surface area contributed by atoms with E-state index >= 15 is 0 Å². The summed E-state index contributed by atoms with van der Waals surface area (Å²) in [5.74, 6) is -3.90. The highest BCUT2D eigenvalue weighted by Gasteiger charge is 2.48. The predicted molar refractivity (Wildman–Crippen MR) is 143 cm³/mol. The third-order valence-electron chi connectivity index (χ3n) is 9.29. The van der Waals surface area contributed by atoms with Gasteiger partial charge in [-0.1, -0.05) is 43.5 Å². The summed E-state index contributed by atoms with van der Waals surface area (Å²) < 4.78 is 29.4. The van der Waals surface area contributed by atoms with Crippen LogP contribution in [0.15, 0.2) is 24.3 Å². The lowest BCUT2D eigenvalue weighted by Gasteiger charge is -2.45. The summed E-state index contributed by atoms with van der Waals surface area (Å²) in [5, 5.41) is 8.82. The number of nitrogens with zero attached hydrogens (tertiary/aromatic N) is 2. The minimum atomic E-state index is -3.02. The molecule has 5 atom stereocenters. The van der Waals surface area contributed by atoms with Crippen molar-refractivity contribution in [2.75, 3.05) is 26.7 Å². The summed E-state index contributed by atoms with van der Waals surface area (Å²) in [6, 6.07) is 3.70. The Labute approximate surface area is 229 Å². The molecule has 4 aliphatic rings. The first kappa shape index (κ1) is 28.0. The molecule has 1 saturated carbocycles. The Balaban J connectivity index is 1.39. The van der Waals surface area contributed by atoms with Gasteiger partial charge in [-0.15, -0.1) is 0 Å². The molecule has 1 aromatic carbocycles. The number of halogens is 2.